The topological polar surface area (TPSA) is 112 Å². The number of benzene rings is 1. The molecule has 42 heavy (non-hydrogen) atoms. The standard InChI is InChI=1S/C31H32ClN5O5/c1-18(28-34-23-7-8-24(30(38)39)35-29(23)37(28)17-21-12-15-40-21)36-13-10-19(11-14-36)22-4-3-5-25-27(22)42-31(2,41-25)26-9-6-20(32)16-33-26/h3-9,16,18-19,21H,10-15,17H2,1-2H3,(H,38,39)/t18?,21-,31-/m0/s1. The van der Waals surface area contributed by atoms with E-state index in [1.165, 1.54) is 6.07 Å². The Bertz CT molecular complexity index is 1650. The Morgan fingerprint density at radius 1 is 1.12 bits per heavy atom. The van der Waals surface area contributed by atoms with Gasteiger partial charge in [0.25, 0.3) is 5.79 Å². The molecule has 10 nitrogen and oxygen atoms in total. The number of para-hydroxylation sites is 1. The first-order valence-electron chi connectivity index (χ1n) is 14.4. The van der Waals surface area contributed by atoms with Crippen LogP contribution in [0.2, 0.25) is 5.02 Å². The van der Waals surface area contributed by atoms with Crippen LogP contribution in [0.4, 0.5) is 0 Å². The number of aromatic nitrogens is 4. The molecular weight excluding hydrogens is 558 g/mol. The van der Waals surface area contributed by atoms with Crippen LogP contribution in [-0.4, -0.2) is 61.3 Å². The lowest BCUT2D eigenvalue weighted by atomic mass is 9.88. The maximum Gasteiger partial charge on any atom is 0.354 e. The molecule has 7 rings (SSSR count). The summed E-state index contributed by atoms with van der Waals surface area (Å²) in [5.41, 5.74) is 3.13. The quantitative estimate of drug-likeness (QED) is 0.296. The first kappa shape index (κ1) is 27.1. The van der Waals surface area contributed by atoms with E-state index in [1.807, 2.05) is 25.1 Å². The Morgan fingerprint density at radius 3 is 2.62 bits per heavy atom. The van der Waals surface area contributed by atoms with Gasteiger partial charge in [0, 0.05) is 25.3 Å². The van der Waals surface area contributed by atoms with E-state index in [-0.39, 0.29) is 17.8 Å². The van der Waals surface area contributed by atoms with Crippen LogP contribution in [0.3, 0.4) is 0 Å². The minimum Gasteiger partial charge on any atom is -0.477 e. The normalized spacial score (nSPS) is 23.2. The zero-order valence-electron chi connectivity index (χ0n) is 23.5. The van der Waals surface area contributed by atoms with Crippen LogP contribution in [-0.2, 0) is 17.1 Å². The van der Waals surface area contributed by atoms with Crippen molar-refractivity contribution in [1.29, 1.82) is 0 Å². The molecule has 0 saturated carbocycles. The van der Waals surface area contributed by atoms with Gasteiger partial charge in [0.1, 0.15) is 17.0 Å². The Morgan fingerprint density at radius 2 is 1.93 bits per heavy atom. The third-order valence-electron chi connectivity index (χ3n) is 8.71. The number of likely N-dealkylation sites (tertiary alicyclic amines) is 1. The van der Waals surface area contributed by atoms with E-state index in [4.69, 9.17) is 30.8 Å². The molecule has 2 saturated heterocycles. The summed E-state index contributed by atoms with van der Waals surface area (Å²) in [6.07, 6.45) is 4.56. The third kappa shape index (κ3) is 4.77. The van der Waals surface area contributed by atoms with Crippen molar-refractivity contribution >= 4 is 28.7 Å². The molecule has 11 heteroatoms. The van der Waals surface area contributed by atoms with Crippen LogP contribution >= 0.6 is 11.6 Å². The van der Waals surface area contributed by atoms with Crippen molar-refractivity contribution in [1.82, 2.24) is 24.4 Å². The minimum absolute atomic E-state index is 0.0164. The van der Waals surface area contributed by atoms with E-state index in [9.17, 15) is 9.90 Å². The molecule has 0 bridgehead atoms. The molecule has 6 heterocycles. The van der Waals surface area contributed by atoms with Gasteiger partial charge in [0.15, 0.2) is 22.8 Å². The van der Waals surface area contributed by atoms with Gasteiger partial charge in [0.05, 0.1) is 23.7 Å². The first-order chi connectivity index (χ1) is 20.3. The predicted octanol–water partition coefficient (Wildman–Crippen LogP) is 5.55. The number of ether oxygens (including phenoxy) is 3. The fraction of sp³-hybridized carbons (Fsp3) is 0.419. The lowest BCUT2D eigenvalue weighted by Gasteiger charge is -2.36. The summed E-state index contributed by atoms with van der Waals surface area (Å²) in [6, 6.07) is 13.0. The number of hydrogen-bond donors (Lipinski definition) is 1. The summed E-state index contributed by atoms with van der Waals surface area (Å²) in [7, 11) is 0. The van der Waals surface area contributed by atoms with E-state index >= 15 is 0 Å². The molecule has 3 atom stereocenters. The number of piperidine rings is 1. The van der Waals surface area contributed by atoms with Crippen LogP contribution in [0.25, 0.3) is 11.2 Å². The third-order valence-corrected chi connectivity index (χ3v) is 8.94. The Kier molecular flexibility index (Phi) is 6.79. The number of halogens is 1. The van der Waals surface area contributed by atoms with Crippen molar-refractivity contribution in [2.45, 2.75) is 63.5 Å². The SMILES string of the molecule is CC(c1nc2ccc(C(=O)O)nc2n1C[C@@H]1CCO1)N1CCC(c2cccc3c2O[C@@](C)(c2ccc(Cl)cn2)O3)CC1. The number of hydrogen-bond acceptors (Lipinski definition) is 8. The predicted molar refractivity (Wildman–Crippen MR) is 155 cm³/mol. The molecule has 1 aromatic carbocycles. The number of carbonyl (C=O) groups is 1. The van der Waals surface area contributed by atoms with Gasteiger partial charge in [-0.25, -0.2) is 14.8 Å². The maximum atomic E-state index is 11.6. The summed E-state index contributed by atoms with van der Waals surface area (Å²) in [4.78, 5) is 27.9. The second-order valence-corrected chi connectivity index (χ2v) is 11.8. The van der Waals surface area contributed by atoms with Crippen molar-refractivity contribution in [2.24, 2.45) is 0 Å². The van der Waals surface area contributed by atoms with Gasteiger partial charge in [-0.15, -0.1) is 0 Å². The van der Waals surface area contributed by atoms with Crippen LogP contribution in [0.5, 0.6) is 11.5 Å². The molecule has 1 unspecified atom stereocenters. The monoisotopic (exact) mass is 589 g/mol. The lowest BCUT2D eigenvalue weighted by molar-refractivity contribution is -0.0722. The Hall–Kier alpha value is -3.73. The van der Waals surface area contributed by atoms with Gasteiger partial charge in [-0.2, -0.15) is 0 Å². The summed E-state index contributed by atoms with van der Waals surface area (Å²) in [5, 5.41) is 10.1. The Labute approximate surface area is 248 Å². The smallest absolute Gasteiger partial charge is 0.354 e. The van der Waals surface area contributed by atoms with Crippen molar-refractivity contribution in [3.8, 4) is 11.5 Å². The average Bonchev–Trinajstić information content (AvgIpc) is 3.52. The fourth-order valence-corrected chi connectivity index (χ4v) is 6.36. The molecule has 3 aromatic heterocycles. The van der Waals surface area contributed by atoms with Crippen molar-refractivity contribution in [2.75, 3.05) is 19.7 Å². The van der Waals surface area contributed by atoms with E-state index in [1.54, 1.807) is 18.3 Å². The van der Waals surface area contributed by atoms with Gasteiger partial charge < -0.3 is 23.9 Å². The van der Waals surface area contributed by atoms with Crippen molar-refractivity contribution in [3.63, 3.8) is 0 Å². The highest BCUT2D eigenvalue weighted by molar-refractivity contribution is 6.30. The molecule has 3 aliphatic heterocycles. The minimum atomic E-state index is -1.05. The van der Waals surface area contributed by atoms with Crippen LogP contribution in [0.1, 0.15) is 72.6 Å². The number of carboxylic acids is 1. The largest absolute Gasteiger partial charge is 0.477 e. The van der Waals surface area contributed by atoms with Crippen molar-refractivity contribution < 1.29 is 24.1 Å². The highest BCUT2D eigenvalue weighted by Gasteiger charge is 2.42. The number of fused-ring (bicyclic) bond motifs is 2. The maximum absolute atomic E-state index is 11.6. The molecule has 0 spiro atoms. The molecule has 0 radical (unpaired) electrons. The lowest BCUT2D eigenvalue weighted by Crippen LogP contribution is -2.37. The number of nitrogens with zero attached hydrogens (tertiary/aromatic N) is 5. The molecule has 4 aromatic rings. The van der Waals surface area contributed by atoms with E-state index in [0.717, 1.165) is 61.8 Å². The highest BCUT2D eigenvalue weighted by atomic mass is 35.5. The zero-order valence-corrected chi connectivity index (χ0v) is 24.3. The van der Waals surface area contributed by atoms with E-state index in [0.29, 0.717) is 34.3 Å². The van der Waals surface area contributed by atoms with Crippen molar-refractivity contribution in [3.05, 3.63) is 76.5 Å². The summed E-state index contributed by atoms with van der Waals surface area (Å²) < 4.78 is 20.5. The van der Waals surface area contributed by atoms with Crippen LogP contribution in [0, 0.1) is 0 Å². The molecule has 0 amide bonds. The van der Waals surface area contributed by atoms with Crippen LogP contribution < -0.4 is 9.47 Å². The molecular formula is C31H32ClN5O5. The number of imidazole rings is 1. The highest BCUT2D eigenvalue weighted by Crippen LogP contribution is 2.49. The molecule has 1 N–H and O–H groups in total. The summed E-state index contributed by atoms with van der Waals surface area (Å²) in [6.45, 7) is 7.16. The molecule has 0 aliphatic carbocycles. The zero-order chi connectivity index (χ0) is 29.0. The molecule has 2 fully saturated rings. The molecule has 218 valence electrons. The first-order valence-corrected chi connectivity index (χ1v) is 14.8. The number of aromatic carboxylic acids is 1. The van der Waals surface area contributed by atoms with Gasteiger partial charge in [-0.1, -0.05) is 23.7 Å². The van der Waals surface area contributed by atoms with E-state index < -0.39 is 11.8 Å². The Balaban J connectivity index is 1.10. The van der Waals surface area contributed by atoms with Gasteiger partial charge in [-0.05, 0) is 75.5 Å². The molecule has 3 aliphatic rings. The second-order valence-electron chi connectivity index (χ2n) is 11.4. The second kappa shape index (κ2) is 10.5. The van der Waals surface area contributed by atoms with Crippen LogP contribution in [0.15, 0.2) is 48.7 Å². The summed E-state index contributed by atoms with van der Waals surface area (Å²) >= 11 is 6.05. The number of rotatable bonds is 7. The van der Waals surface area contributed by atoms with Gasteiger partial charge in [0.2, 0.25) is 0 Å². The average molecular weight is 590 g/mol. The number of carboxylic acid groups (broad SMARTS) is 1. The van der Waals surface area contributed by atoms with Gasteiger partial charge >= 0.3 is 5.97 Å². The number of pyridine rings is 2. The van der Waals surface area contributed by atoms with E-state index in [2.05, 4.69) is 32.4 Å². The fourth-order valence-electron chi connectivity index (χ4n) is 6.25. The summed E-state index contributed by atoms with van der Waals surface area (Å²) in [5.74, 6) is 0.643. The van der Waals surface area contributed by atoms with Gasteiger partial charge in [-0.3, -0.25) is 9.88 Å².